The second kappa shape index (κ2) is 7.35. The summed E-state index contributed by atoms with van der Waals surface area (Å²) in [6, 6.07) is 8.75. The lowest BCUT2D eigenvalue weighted by Crippen LogP contribution is -2.32. The third-order valence-electron chi connectivity index (χ3n) is 4.09. The van der Waals surface area contributed by atoms with E-state index in [1.165, 1.54) is 23.5 Å². The zero-order chi connectivity index (χ0) is 18.0. The van der Waals surface area contributed by atoms with Crippen LogP contribution in [0.25, 0.3) is 0 Å². The minimum atomic E-state index is -2.62. The van der Waals surface area contributed by atoms with Crippen LogP contribution >= 0.6 is 11.3 Å². The Hall–Kier alpha value is -2.21. The molecule has 0 fully saturated rings. The first kappa shape index (κ1) is 17.6. The van der Waals surface area contributed by atoms with Gasteiger partial charge in [-0.1, -0.05) is 12.1 Å². The number of thiophene rings is 1. The molecule has 0 spiro atoms. The van der Waals surface area contributed by atoms with Gasteiger partial charge in [0.15, 0.2) is 10.7 Å². The highest BCUT2D eigenvalue weighted by atomic mass is 32.2. The predicted molar refractivity (Wildman–Crippen MR) is 96.4 cm³/mol. The van der Waals surface area contributed by atoms with Crippen LogP contribution < -0.4 is 10.6 Å². The molecule has 1 unspecified atom stereocenters. The van der Waals surface area contributed by atoms with Gasteiger partial charge in [0.2, 0.25) is 5.91 Å². The third-order valence-corrected chi connectivity index (χ3v) is 5.98. The van der Waals surface area contributed by atoms with Crippen LogP contribution in [0.4, 0.5) is 5.00 Å². The van der Waals surface area contributed by atoms with Crippen LogP contribution in [-0.4, -0.2) is 20.4 Å². The zero-order valence-corrected chi connectivity index (χ0v) is 15.2. The van der Waals surface area contributed by atoms with Crippen molar-refractivity contribution in [3.63, 3.8) is 0 Å². The van der Waals surface area contributed by atoms with Crippen molar-refractivity contribution < 1.29 is 13.2 Å². The molecule has 8 heteroatoms. The molecule has 25 heavy (non-hydrogen) atoms. The molecule has 0 aliphatic carbocycles. The average molecular weight is 375 g/mol. The molecule has 3 rings (SSSR count). The van der Waals surface area contributed by atoms with Gasteiger partial charge in [0.1, 0.15) is 11.1 Å². The molecular formula is C17H17N3O3S2. The number of nitriles is 1. The van der Waals surface area contributed by atoms with E-state index in [-0.39, 0.29) is 17.2 Å². The summed E-state index contributed by atoms with van der Waals surface area (Å²) in [7, 11) is -2.62. The van der Waals surface area contributed by atoms with E-state index in [1.54, 1.807) is 12.1 Å². The summed E-state index contributed by atoms with van der Waals surface area (Å²) in [4.78, 5) is 13.7. The number of thiol groups is 1. The minimum Gasteiger partial charge on any atom is -0.316 e. The molecule has 1 amide bonds. The number of carbonyl (C=O) groups excluding carboxylic acids is 1. The maximum atomic E-state index is 12.3. The molecule has 6 nitrogen and oxygen atoms in total. The van der Waals surface area contributed by atoms with Crippen molar-refractivity contribution >= 4 is 32.9 Å². The van der Waals surface area contributed by atoms with Crippen molar-refractivity contribution in [2.24, 2.45) is 0 Å². The molecule has 1 aliphatic heterocycles. The number of hydrogen-bond donors (Lipinski definition) is 3. The average Bonchev–Trinajstić information content (AvgIpc) is 2.90. The lowest BCUT2D eigenvalue weighted by Gasteiger charge is -2.19. The topological polar surface area (TPSA) is 99.1 Å². The van der Waals surface area contributed by atoms with Gasteiger partial charge in [-0.2, -0.15) is 5.26 Å². The predicted octanol–water partition coefficient (Wildman–Crippen LogP) is 1.81. The van der Waals surface area contributed by atoms with Crippen LogP contribution in [0.3, 0.4) is 0 Å². The first-order valence-corrected chi connectivity index (χ1v) is 9.78. The van der Waals surface area contributed by atoms with E-state index in [0.717, 1.165) is 16.9 Å². The highest BCUT2D eigenvalue weighted by molar-refractivity contribution is 7.72. The van der Waals surface area contributed by atoms with E-state index >= 15 is 0 Å². The molecular weight excluding hydrogens is 358 g/mol. The minimum absolute atomic E-state index is 0.123. The maximum absolute atomic E-state index is 12.3. The Morgan fingerprint density at radius 3 is 2.76 bits per heavy atom. The van der Waals surface area contributed by atoms with Gasteiger partial charge < -0.3 is 10.6 Å². The summed E-state index contributed by atoms with van der Waals surface area (Å²) in [5.41, 5.74) is 2.23. The zero-order valence-electron chi connectivity index (χ0n) is 13.5. The molecule has 130 valence electrons. The number of rotatable bonds is 4. The molecule has 1 aromatic carbocycles. The molecule has 0 saturated heterocycles. The Morgan fingerprint density at radius 1 is 1.40 bits per heavy atom. The Balaban J connectivity index is 1.74. The highest BCUT2D eigenvalue weighted by Crippen LogP contribution is 2.35. The Kier molecular flexibility index (Phi) is 5.18. The van der Waals surface area contributed by atoms with Crippen LogP contribution in [0, 0.1) is 11.3 Å². The number of anilines is 1. The van der Waals surface area contributed by atoms with Crippen molar-refractivity contribution in [1.82, 2.24) is 5.32 Å². The van der Waals surface area contributed by atoms with Crippen molar-refractivity contribution in [1.29, 1.82) is 5.26 Å². The van der Waals surface area contributed by atoms with Gasteiger partial charge >= 0.3 is 0 Å². The number of nitrogens with one attached hydrogen (secondary N) is 2. The Labute approximate surface area is 151 Å². The van der Waals surface area contributed by atoms with Gasteiger partial charge in [-0.3, -0.25) is 4.79 Å². The van der Waals surface area contributed by atoms with Crippen LogP contribution in [-0.2, 0) is 34.9 Å². The van der Waals surface area contributed by atoms with Crippen LogP contribution in [0.1, 0.15) is 28.5 Å². The lowest BCUT2D eigenvalue weighted by atomic mass is 10.0. The van der Waals surface area contributed by atoms with Gasteiger partial charge in [-0.25, -0.2) is 8.42 Å². The first-order chi connectivity index (χ1) is 12.0. The monoisotopic (exact) mass is 375 g/mol. The maximum Gasteiger partial charge on any atom is 0.229 e. The number of amides is 1. The second-order valence-corrected chi connectivity index (χ2v) is 8.09. The molecule has 1 atom stereocenters. The van der Waals surface area contributed by atoms with E-state index in [1.807, 2.05) is 0 Å². The standard InChI is InChI=1S/C17H17N3O3S2/c1-10-6-15-14(9-19-10)13(8-18)17(24-15)20-16(21)7-11-2-4-12(5-3-11)25(22)23/h2-5,10,19,25H,6-7,9H2,1H3,(H,20,21). The number of fused-ring (bicyclic) bond motifs is 1. The summed E-state index contributed by atoms with van der Waals surface area (Å²) < 4.78 is 21.8. The number of nitrogens with zero attached hydrogens (tertiary/aromatic N) is 1. The summed E-state index contributed by atoms with van der Waals surface area (Å²) in [5, 5.41) is 16.2. The Bertz CT molecular complexity index is 916. The Morgan fingerprint density at radius 2 is 2.12 bits per heavy atom. The molecule has 2 heterocycles. The van der Waals surface area contributed by atoms with Crippen LogP contribution in [0.2, 0.25) is 0 Å². The largest absolute Gasteiger partial charge is 0.316 e. The SMILES string of the molecule is CC1Cc2sc(NC(=O)Cc3ccc([SH](=O)=O)cc3)c(C#N)c2CN1. The third kappa shape index (κ3) is 3.90. The number of carbonyl (C=O) groups is 1. The summed E-state index contributed by atoms with van der Waals surface area (Å²) >= 11 is 1.46. The van der Waals surface area contributed by atoms with E-state index < -0.39 is 10.7 Å². The quantitative estimate of drug-likeness (QED) is 0.708. The smallest absolute Gasteiger partial charge is 0.229 e. The fraction of sp³-hybridized carbons (Fsp3) is 0.294. The molecule has 1 aromatic heterocycles. The number of hydrogen-bond acceptors (Lipinski definition) is 6. The summed E-state index contributed by atoms with van der Waals surface area (Å²) in [5.74, 6) is -0.227. The normalized spacial score (nSPS) is 16.3. The van der Waals surface area contributed by atoms with Gasteiger partial charge in [0.05, 0.1) is 16.9 Å². The highest BCUT2D eigenvalue weighted by Gasteiger charge is 2.24. The molecule has 2 aromatic rings. The van der Waals surface area contributed by atoms with Gasteiger partial charge in [-0.15, -0.1) is 11.3 Å². The first-order valence-electron chi connectivity index (χ1n) is 7.79. The van der Waals surface area contributed by atoms with E-state index in [2.05, 4.69) is 23.6 Å². The molecule has 0 saturated carbocycles. The molecule has 2 N–H and O–H groups in total. The van der Waals surface area contributed by atoms with Crippen LogP contribution in [0.5, 0.6) is 0 Å². The van der Waals surface area contributed by atoms with Gasteiger partial charge in [-0.05, 0) is 36.6 Å². The van der Waals surface area contributed by atoms with Crippen LogP contribution in [0.15, 0.2) is 29.2 Å². The molecule has 1 aliphatic rings. The fourth-order valence-corrected chi connectivity index (χ4v) is 4.49. The summed E-state index contributed by atoms with van der Waals surface area (Å²) in [6.07, 6.45) is 0.970. The van der Waals surface area contributed by atoms with E-state index in [9.17, 15) is 18.5 Å². The fourth-order valence-electron chi connectivity index (χ4n) is 2.79. The summed E-state index contributed by atoms with van der Waals surface area (Å²) in [6.45, 7) is 2.73. The number of benzene rings is 1. The molecule has 0 bridgehead atoms. The second-order valence-electron chi connectivity index (χ2n) is 5.95. The molecule has 0 radical (unpaired) electrons. The van der Waals surface area contributed by atoms with Crippen molar-refractivity contribution in [2.75, 3.05) is 5.32 Å². The van der Waals surface area contributed by atoms with E-state index in [4.69, 9.17) is 0 Å². The van der Waals surface area contributed by atoms with Gasteiger partial charge in [0, 0.05) is 17.5 Å². The lowest BCUT2D eigenvalue weighted by molar-refractivity contribution is -0.115. The van der Waals surface area contributed by atoms with Crippen molar-refractivity contribution in [2.45, 2.75) is 37.2 Å². The van der Waals surface area contributed by atoms with Crippen molar-refractivity contribution in [3.05, 3.63) is 45.8 Å². The van der Waals surface area contributed by atoms with E-state index in [0.29, 0.717) is 28.7 Å². The van der Waals surface area contributed by atoms with Crippen molar-refractivity contribution in [3.8, 4) is 6.07 Å². The van der Waals surface area contributed by atoms with Gasteiger partial charge in [0.25, 0.3) is 0 Å².